The van der Waals surface area contributed by atoms with Crippen LogP contribution in [0.25, 0.3) is 0 Å². The van der Waals surface area contributed by atoms with Crippen LogP contribution in [-0.4, -0.2) is 93.7 Å². The van der Waals surface area contributed by atoms with E-state index < -0.39 is 28.8 Å². The van der Waals surface area contributed by atoms with Crippen LogP contribution in [-0.2, 0) is 37.6 Å². The van der Waals surface area contributed by atoms with Crippen LogP contribution in [0.3, 0.4) is 0 Å². The summed E-state index contributed by atoms with van der Waals surface area (Å²) in [5.74, 6) is 0.860. The van der Waals surface area contributed by atoms with Crippen LogP contribution in [0.1, 0.15) is 40.5 Å². The molecule has 0 amide bonds. The number of rotatable bonds is 10. The van der Waals surface area contributed by atoms with Crippen molar-refractivity contribution in [2.45, 2.75) is 121 Å². The Kier molecular flexibility index (Phi) is 10.9. The summed E-state index contributed by atoms with van der Waals surface area (Å²) in [5.41, 5.74) is 0. The molecule has 1 heterocycles. The molecule has 13 atom stereocenters. The first-order valence-electron chi connectivity index (χ1n) is 16.4. The van der Waals surface area contributed by atoms with E-state index in [0.29, 0.717) is 11.8 Å². The Morgan fingerprint density at radius 2 is 1.55 bits per heavy atom. The lowest BCUT2D eigenvalue weighted by atomic mass is 9.71. The van der Waals surface area contributed by atoms with E-state index in [9.17, 15) is 4.79 Å². The number of hydrogen-bond acceptors (Lipinski definition) is 8. The minimum atomic E-state index is -2.21. The molecule has 0 unspecified atom stereocenters. The van der Waals surface area contributed by atoms with Crippen LogP contribution in [0, 0.1) is 35.5 Å². The molecular weight excluding hydrogens is 593 g/mol. The molecule has 8 nitrogen and oxygen atoms in total. The van der Waals surface area contributed by atoms with Crippen molar-refractivity contribution in [2.24, 2.45) is 35.5 Å². The maximum absolute atomic E-state index is 13.0. The number of fused-ring (bicyclic) bond motifs is 3. The SMILES string of the molecule is C=C[C@H]1[C@@H]2C=C([Si](C)(C)C)[C@H]3[C@@H](C[C@H](O[C@@H]4O[C@@H](C)[C@H](OC)[C@@H](OC)[C@H]4OC)[C@@H]3O[Si](C)(C)C(C)(C)C)[C@@H]2C[C@H]1C(=O)OC. The first kappa shape index (κ1) is 36.0. The third-order valence-corrected chi connectivity index (χ3v) is 18.3. The van der Waals surface area contributed by atoms with E-state index in [-0.39, 0.29) is 65.2 Å². The molecule has 1 aliphatic heterocycles. The summed E-state index contributed by atoms with van der Waals surface area (Å²) in [6.07, 6.45) is 3.88. The van der Waals surface area contributed by atoms with Gasteiger partial charge in [-0.15, -0.1) is 6.58 Å². The molecule has 4 rings (SSSR count). The van der Waals surface area contributed by atoms with Crippen molar-refractivity contribution in [1.29, 1.82) is 0 Å². The van der Waals surface area contributed by atoms with Gasteiger partial charge in [0, 0.05) is 27.2 Å². The zero-order valence-electron chi connectivity index (χ0n) is 29.5. The average molecular weight is 653 g/mol. The van der Waals surface area contributed by atoms with E-state index in [1.54, 1.807) is 21.3 Å². The van der Waals surface area contributed by atoms with E-state index >= 15 is 0 Å². The van der Waals surface area contributed by atoms with Crippen LogP contribution in [0.2, 0.25) is 37.8 Å². The molecule has 0 aromatic rings. The predicted octanol–water partition coefficient (Wildman–Crippen LogP) is 6.23. The normalized spacial score (nSPS) is 41.1. The van der Waals surface area contributed by atoms with Crippen LogP contribution < -0.4 is 0 Å². The van der Waals surface area contributed by atoms with Gasteiger partial charge in [-0.25, -0.2) is 0 Å². The van der Waals surface area contributed by atoms with Gasteiger partial charge in [0.2, 0.25) is 0 Å². The van der Waals surface area contributed by atoms with Gasteiger partial charge in [-0.05, 0) is 61.6 Å². The fraction of sp³-hybridized carbons (Fsp3) is 0.853. The molecule has 0 bridgehead atoms. The van der Waals surface area contributed by atoms with E-state index in [1.807, 2.05) is 13.0 Å². The molecule has 0 spiro atoms. The molecular formula is C34H60O8Si2. The highest BCUT2D eigenvalue weighted by atomic mass is 28.4. The van der Waals surface area contributed by atoms with E-state index in [2.05, 4.69) is 66.2 Å². The maximum Gasteiger partial charge on any atom is 0.309 e. The maximum atomic E-state index is 13.0. The highest BCUT2D eigenvalue weighted by molar-refractivity contribution is 6.83. The van der Waals surface area contributed by atoms with Gasteiger partial charge in [-0.1, -0.05) is 57.8 Å². The van der Waals surface area contributed by atoms with Crippen molar-refractivity contribution in [2.75, 3.05) is 28.4 Å². The van der Waals surface area contributed by atoms with Crippen molar-refractivity contribution in [3.63, 3.8) is 0 Å². The van der Waals surface area contributed by atoms with Gasteiger partial charge in [-0.2, -0.15) is 0 Å². The zero-order chi connectivity index (χ0) is 32.9. The van der Waals surface area contributed by atoms with Crippen molar-refractivity contribution in [1.82, 2.24) is 0 Å². The largest absolute Gasteiger partial charge is 0.469 e. The number of ether oxygens (including phenoxy) is 6. The smallest absolute Gasteiger partial charge is 0.309 e. The second-order valence-corrected chi connectivity index (χ2v) is 25.9. The Balaban J connectivity index is 1.79. The highest BCUT2D eigenvalue weighted by Gasteiger charge is 2.61. The van der Waals surface area contributed by atoms with Crippen molar-refractivity contribution < 1.29 is 37.6 Å². The fourth-order valence-electron chi connectivity index (χ4n) is 8.42. The van der Waals surface area contributed by atoms with Crippen LogP contribution >= 0.6 is 0 Å². The summed E-state index contributed by atoms with van der Waals surface area (Å²) >= 11 is 0. The molecule has 0 aromatic carbocycles. The highest BCUT2D eigenvalue weighted by Crippen LogP contribution is 2.60. The first-order chi connectivity index (χ1) is 20.4. The topological polar surface area (TPSA) is 81.7 Å². The van der Waals surface area contributed by atoms with E-state index in [1.165, 1.54) is 12.3 Å². The molecule has 3 fully saturated rings. The van der Waals surface area contributed by atoms with Crippen LogP contribution in [0.15, 0.2) is 23.9 Å². The van der Waals surface area contributed by atoms with Gasteiger partial charge < -0.3 is 32.8 Å². The van der Waals surface area contributed by atoms with Crippen molar-refractivity contribution >= 4 is 22.4 Å². The van der Waals surface area contributed by atoms with Gasteiger partial charge in [0.05, 0.1) is 39.4 Å². The lowest BCUT2D eigenvalue weighted by Crippen LogP contribution is -2.60. The Morgan fingerprint density at radius 3 is 2.05 bits per heavy atom. The molecule has 2 saturated carbocycles. The summed E-state index contributed by atoms with van der Waals surface area (Å²) < 4.78 is 43.9. The lowest BCUT2D eigenvalue weighted by Gasteiger charge is -2.47. The Morgan fingerprint density at radius 1 is 0.932 bits per heavy atom. The Bertz CT molecular complexity index is 1060. The summed E-state index contributed by atoms with van der Waals surface area (Å²) in [5, 5.41) is 1.57. The molecule has 252 valence electrons. The summed E-state index contributed by atoms with van der Waals surface area (Å²) in [7, 11) is 2.51. The second-order valence-electron chi connectivity index (χ2n) is 16.0. The monoisotopic (exact) mass is 652 g/mol. The summed E-state index contributed by atoms with van der Waals surface area (Å²) in [6, 6.07) is 0. The molecule has 0 N–H and O–H groups in total. The van der Waals surface area contributed by atoms with Gasteiger partial charge in [-0.3, -0.25) is 4.79 Å². The van der Waals surface area contributed by atoms with Crippen LogP contribution in [0.4, 0.5) is 0 Å². The number of esters is 1. The lowest BCUT2D eigenvalue weighted by molar-refractivity contribution is -0.318. The van der Waals surface area contributed by atoms with E-state index in [4.69, 9.17) is 32.8 Å². The number of carbonyl (C=O) groups excluding carboxylic acids is 1. The minimum Gasteiger partial charge on any atom is -0.469 e. The second kappa shape index (κ2) is 13.3. The average Bonchev–Trinajstić information content (AvgIpc) is 3.48. The van der Waals surface area contributed by atoms with Crippen molar-refractivity contribution in [3.05, 3.63) is 23.9 Å². The van der Waals surface area contributed by atoms with Gasteiger partial charge in [0.1, 0.15) is 18.3 Å². The predicted molar refractivity (Wildman–Crippen MR) is 177 cm³/mol. The van der Waals surface area contributed by atoms with Gasteiger partial charge in [0.15, 0.2) is 14.6 Å². The zero-order valence-corrected chi connectivity index (χ0v) is 31.5. The molecule has 10 heteroatoms. The summed E-state index contributed by atoms with van der Waals surface area (Å²) in [4.78, 5) is 13.0. The fourth-order valence-corrected chi connectivity index (χ4v) is 11.8. The third-order valence-electron chi connectivity index (χ3n) is 11.6. The molecule has 4 aliphatic rings. The standard InChI is InChI=1S/C34H60O8Si2/c1-15-20-22-18-26(43(10,11)12)27-23(21(22)16-24(20)32(35)39-9)17-25(29(27)42-44(13,14)34(3,4)5)41-33-31(38-8)30(37-7)28(36-6)19(2)40-33/h15,18-25,27-31,33H,1,16-17H2,2-14H3/t19-,20-,21+,22-,23-,24+,25-,27+,28-,29-,30+,31+,33-/m0/s1. The molecule has 44 heavy (non-hydrogen) atoms. The summed E-state index contributed by atoms with van der Waals surface area (Å²) in [6.45, 7) is 25.0. The molecule has 3 aliphatic carbocycles. The number of carbonyl (C=O) groups is 1. The Hall–Kier alpha value is -0.856. The number of hydrogen-bond donors (Lipinski definition) is 0. The quantitative estimate of drug-likeness (QED) is 0.156. The molecule has 1 saturated heterocycles. The Labute approximate surface area is 268 Å². The molecule has 0 aromatic heterocycles. The number of allylic oxidation sites excluding steroid dienone is 2. The first-order valence-corrected chi connectivity index (χ1v) is 22.9. The van der Waals surface area contributed by atoms with Gasteiger partial charge >= 0.3 is 5.97 Å². The van der Waals surface area contributed by atoms with Gasteiger partial charge in [0.25, 0.3) is 0 Å². The minimum absolute atomic E-state index is 0.0326. The molecule has 0 radical (unpaired) electrons. The number of methoxy groups -OCH3 is 4. The third kappa shape index (κ3) is 6.48. The van der Waals surface area contributed by atoms with E-state index in [0.717, 1.165) is 12.8 Å². The van der Waals surface area contributed by atoms with Crippen LogP contribution in [0.5, 0.6) is 0 Å². The van der Waals surface area contributed by atoms with Crippen molar-refractivity contribution in [3.8, 4) is 0 Å².